The van der Waals surface area contributed by atoms with Gasteiger partial charge < -0.3 is 20.4 Å². The fourth-order valence-corrected chi connectivity index (χ4v) is 4.12. The molecule has 0 bridgehead atoms. The van der Waals surface area contributed by atoms with Gasteiger partial charge in [0, 0.05) is 28.9 Å². The number of nitrogens with one attached hydrogen (secondary N) is 3. The predicted molar refractivity (Wildman–Crippen MR) is 122 cm³/mol. The number of hydrogen-bond donors (Lipinski definition) is 3. The van der Waals surface area contributed by atoms with Crippen LogP contribution in [0.15, 0.2) is 36.5 Å². The van der Waals surface area contributed by atoms with Gasteiger partial charge in [-0.25, -0.2) is 4.79 Å². The van der Waals surface area contributed by atoms with Crippen molar-refractivity contribution in [3.05, 3.63) is 52.5 Å². The smallest absolute Gasteiger partial charge is 0.328 e. The summed E-state index contributed by atoms with van der Waals surface area (Å²) >= 11 is 1.18. The Morgan fingerprint density at radius 1 is 1.19 bits per heavy atom. The molecule has 0 radical (unpaired) electrons. The highest BCUT2D eigenvalue weighted by Crippen LogP contribution is 2.29. The van der Waals surface area contributed by atoms with Crippen LogP contribution >= 0.6 is 11.3 Å². The minimum atomic E-state index is -0.842. The molecule has 2 amide bonds. The minimum Gasteiger partial charge on any atom is -0.467 e. The zero-order valence-electron chi connectivity index (χ0n) is 18.3. The molecule has 3 aromatic rings. The molecule has 0 saturated heterocycles. The fourth-order valence-electron chi connectivity index (χ4n) is 3.15. The molecule has 0 aliphatic rings. The lowest BCUT2D eigenvalue weighted by molar-refractivity contribution is -0.142. The number of thiophene rings is 1. The average molecular weight is 442 g/mol. The first kappa shape index (κ1) is 22.6. The van der Waals surface area contributed by atoms with Crippen LogP contribution in [-0.2, 0) is 20.7 Å². The third-order valence-electron chi connectivity index (χ3n) is 4.93. The molecule has 0 aliphatic carbocycles. The van der Waals surface area contributed by atoms with Crippen molar-refractivity contribution >= 4 is 45.0 Å². The maximum absolute atomic E-state index is 13.0. The van der Waals surface area contributed by atoms with Crippen LogP contribution in [0, 0.1) is 12.3 Å². The van der Waals surface area contributed by atoms with Gasteiger partial charge in [0.1, 0.15) is 6.04 Å². The Morgan fingerprint density at radius 2 is 1.90 bits per heavy atom. The molecule has 31 heavy (non-hydrogen) atoms. The van der Waals surface area contributed by atoms with Crippen LogP contribution in [0.25, 0.3) is 10.9 Å². The van der Waals surface area contributed by atoms with Gasteiger partial charge in [-0.2, -0.15) is 0 Å². The molecule has 2 aromatic heterocycles. The number of aryl methyl sites for hydroxylation is 1. The lowest BCUT2D eigenvalue weighted by Crippen LogP contribution is -2.43. The second kappa shape index (κ2) is 8.93. The largest absolute Gasteiger partial charge is 0.467 e. The number of para-hydroxylation sites is 1. The van der Waals surface area contributed by atoms with Crippen LogP contribution in [0.2, 0.25) is 0 Å². The van der Waals surface area contributed by atoms with Gasteiger partial charge >= 0.3 is 5.97 Å². The van der Waals surface area contributed by atoms with Gasteiger partial charge in [-0.1, -0.05) is 39.0 Å². The Hall–Kier alpha value is -3.13. The van der Waals surface area contributed by atoms with Gasteiger partial charge in [-0.3, -0.25) is 9.59 Å². The molecule has 0 aliphatic heterocycles. The second-order valence-corrected chi connectivity index (χ2v) is 9.49. The number of ether oxygens (including phenoxy) is 1. The van der Waals surface area contributed by atoms with E-state index < -0.39 is 17.4 Å². The van der Waals surface area contributed by atoms with Crippen LogP contribution in [0.4, 0.5) is 5.00 Å². The normalized spacial score (nSPS) is 12.4. The number of aromatic amines is 1. The van der Waals surface area contributed by atoms with E-state index >= 15 is 0 Å². The SMILES string of the molecule is COC(=O)C(Cc1c[nH]c2ccccc12)NC(=O)c1sc(NC(=O)C(C)(C)C)cc1C. The minimum absolute atomic E-state index is 0.132. The van der Waals surface area contributed by atoms with Crippen LogP contribution in [0.3, 0.4) is 0 Å². The number of carbonyl (C=O) groups excluding carboxylic acids is 3. The van der Waals surface area contributed by atoms with E-state index in [4.69, 9.17) is 4.74 Å². The third-order valence-corrected chi connectivity index (χ3v) is 6.08. The third kappa shape index (κ3) is 5.14. The number of rotatable bonds is 6. The molecule has 3 N–H and O–H groups in total. The van der Waals surface area contributed by atoms with Crippen molar-refractivity contribution in [3.8, 4) is 0 Å². The van der Waals surface area contributed by atoms with Crippen molar-refractivity contribution in [1.29, 1.82) is 0 Å². The number of amides is 2. The van der Waals surface area contributed by atoms with Gasteiger partial charge in [0.05, 0.1) is 17.0 Å². The zero-order chi connectivity index (χ0) is 22.8. The molecule has 3 rings (SSSR count). The second-order valence-electron chi connectivity index (χ2n) is 8.44. The lowest BCUT2D eigenvalue weighted by atomic mass is 9.96. The molecule has 7 nitrogen and oxygen atoms in total. The Morgan fingerprint density at radius 3 is 2.58 bits per heavy atom. The Bertz CT molecular complexity index is 1120. The first-order valence-corrected chi connectivity index (χ1v) is 10.8. The van der Waals surface area contributed by atoms with Crippen molar-refractivity contribution in [2.45, 2.75) is 40.2 Å². The Labute approximate surface area is 185 Å². The number of carbonyl (C=O) groups is 3. The fraction of sp³-hybridized carbons (Fsp3) is 0.348. The summed E-state index contributed by atoms with van der Waals surface area (Å²) in [5, 5.41) is 7.22. The van der Waals surface area contributed by atoms with Crippen molar-refractivity contribution in [3.63, 3.8) is 0 Å². The predicted octanol–water partition coefficient (Wildman–Crippen LogP) is 4.04. The summed E-state index contributed by atoms with van der Waals surface area (Å²) in [6.45, 7) is 7.26. The maximum atomic E-state index is 13.0. The molecular weight excluding hydrogens is 414 g/mol. The quantitative estimate of drug-likeness (QED) is 0.503. The summed E-state index contributed by atoms with van der Waals surface area (Å²) < 4.78 is 4.92. The van der Waals surface area contributed by atoms with Crippen molar-refractivity contribution in [2.75, 3.05) is 12.4 Å². The average Bonchev–Trinajstić information content (AvgIpc) is 3.29. The highest BCUT2D eigenvalue weighted by Gasteiger charge is 2.27. The van der Waals surface area contributed by atoms with E-state index in [-0.39, 0.29) is 11.8 Å². The van der Waals surface area contributed by atoms with E-state index in [1.165, 1.54) is 18.4 Å². The van der Waals surface area contributed by atoms with E-state index in [1.807, 2.05) is 51.2 Å². The molecule has 0 saturated carbocycles. The lowest BCUT2D eigenvalue weighted by Gasteiger charge is -2.17. The number of anilines is 1. The number of esters is 1. The van der Waals surface area contributed by atoms with Gasteiger partial charge in [0.15, 0.2) is 0 Å². The Balaban J connectivity index is 1.78. The first-order valence-electron chi connectivity index (χ1n) is 9.95. The zero-order valence-corrected chi connectivity index (χ0v) is 19.1. The summed E-state index contributed by atoms with van der Waals surface area (Å²) in [7, 11) is 1.30. The van der Waals surface area contributed by atoms with Crippen molar-refractivity contribution < 1.29 is 19.1 Å². The molecule has 0 fully saturated rings. The topological polar surface area (TPSA) is 100 Å². The number of benzene rings is 1. The molecule has 1 unspecified atom stereocenters. The van der Waals surface area contributed by atoms with Gasteiger partial charge in [0.25, 0.3) is 5.91 Å². The van der Waals surface area contributed by atoms with E-state index in [2.05, 4.69) is 15.6 Å². The number of aromatic nitrogens is 1. The van der Waals surface area contributed by atoms with E-state index in [0.29, 0.717) is 16.3 Å². The molecule has 1 atom stereocenters. The summed E-state index contributed by atoms with van der Waals surface area (Å²) in [5.41, 5.74) is 2.05. The van der Waals surface area contributed by atoms with Crippen LogP contribution in [0.1, 0.15) is 41.6 Å². The monoisotopic (exact) mass is 441 g/mol. The van der Waals surface area contributed by atoms with Crippen molar-refractivity contribution in [2.24, 2.45) is 5.41 Å². The summed E-state index contributed by atoms with van der Waals surface area (Å²) in [5.74, 6) is -1.03. The summed E-state index contributed by atoms with van der Waals surface area (Å²) in [6, 6.07) is 8.69. The van der Waals surface area contributed by atoms with E-state index in [0.717, 1.165) is 22.0 Å². The number of fused-ring (bicyclic) bond motifs is 1. The number of methoxy groups -OCH3 is 1. The van der Waals surface area contributed by atoms with Crippen LogP contribution in [-0.4, -0.2) is 35.9 Å². The Kier molecular flexibility index (Phi) is 6.50. The van der Waals surface area contributed by atoms with Gasteiger partial charge in [-0.05, 0) is 30.2 Å². The summed E-state index contributed by atoms with van der Waals surface area (Å²) in [6.07, 6.45) is 2.13. The van der Waals surface area contributed by atoms with Crippen molar-refractivity contribution in [1.82, 2.24) is 10.3 Å². The van der Waals surface area contributed by atoms with E-state index in [9.17, 15) is 14.4 Å². The molecule has 164 valence electrons. The number of H-pyrrole nitrogens is 1. The van der Waals surface area contributed by atoms with Crippen LogP contribution in [0.5, 0.6) is 0 Å². The molecule has 8 heteroatoms. The summed E-state index contributed by atoms with van der Waals surface area (Å²) in [4.78, 5) is 41.2. The van der Waals surface area contributed by atoms with Crippen LogP contribution < -0.4 is 10.6 Å². The first-order chi connectivity index (χ1) is 14.6. The maximum Gasteiger partial charge on any atom is 0.328 e. The highest BCUT2D eigenvalue weighted by atomic mass is 32.1. The van der Waals surface area contributed by atoms with Gasteiger partial charge in [-0.15, -0.1) is 11.3 Å². The molecule has 0 spiro atoms. The molecule has 2 heterocycles. The van der Waals surface area contributed by atoms with Gasteiger partial charge in [0.2, 0.25) is 5.91 Å². The van der Waals surface area contributed by atoms with E-state index in [1.54, 1.807) is 13.0 Å². The molecule has 1 aromatic carbocycles. The number of hydrogen-bond acceptors (Lipinski definition) is 5. The molecular formula is C23H27N3O4S. The standard InChI is InChI=1S/C23H27N3O4S/c1-13-10-18(26-22(29)23(2,3)4)31-19(13)20(27)25-17(21(28)30-5)11-14-12-24-16-9-7-6-8-15(14)16/h6-10,12,17,24H,11H2,1-5H3,(H,25,27)(H,26,29). The highest BCUT2D eigenvalue weighted by molar-refractivity contribution is 7.18.